The summed E-state index contributed by atoms with van der Waals surface area (Å²) in [6.07, 6.45) is 24.3. The maximum Gasteiger partial charge on any atom is -0.00513 e. The Hall–Kier alpha value is -0.300. The first-order valence-electron chi connectivity index (χ1n) is 13.7. The molecule has 2 N–H and O–H groups in total. The van der Waals surface area contributed by atoms with Crippen LogP contribution < -0.4 is 5.73 Å². The summed E-state index contributed by atoms with van der Waals surface area (Å²) in [5.74, 6) is 2.83. The fourth-order valence-electron chi connectivity index (χ4n) is 5.27. The molecule has 0 aliphatic heterocycles. The van der Waals surface area contributed by atoms with Gasteiger partial charge in [0.25, 0.3) is 0 Å². The fraction of sp³-hybridized carbons (Fsp3) is 0.931. The van der Waals surface area contributed by atoms with Crippen LogP contribution in [0, 0.1) is 29.1 Å². The van der Waals surface area contributed by atoms with Gasteiger partial charge in [0.1, 0.15) is 0 Å². The zero-order valence-electron chi connectivity index (χ0n) is 22.1. The Bertz CT molecular complexity index is 387. The van der Waals surface area contributed by atoms with Crippen molar-refractivity contribution in [1.82, 2.24) is 0 Å². The molecule has 0 aliphatic rings. The van der Waals surface area contributed by atoms with E-state index < -0.39 is 0 Å². The average molecular weight is 422 g/mol. The van der Waals surface area contributed by atoms with Gasteiger partial charge in [-0.15, -0.1) is 0 Å². The maximum atomic E-state index is 5.81. The van der Waals surface area contributed by atoms with Gasteiger partial charge in [-0.3, -0.25) is 0 Å². The maximum absolute atomic E-state index is 5.81. The van der Waals surface area contributed by atoms with E-state index in [0.29, 0.717) is 17.3 Å². The van der Waals surface area contributed by atoms with Crippen LogP contribution in [0.15, 0.2) is 12.2 Å². The van der Waals surface area contributed by atoms with Crippen LogP contribution in [0.2, 0.25) is 0 Å². The van der Waals surface area contributed by atoms with Gasteiger partial charge < -0.3 is 5.73 Å². The Balaban J connectivity index is 4.72. The molecule has 1 nitrogen and oxygen atoms in total. The molecule has 0 saturated carbocycles. The van der Waals surface area contributed by atoms with Crippen LogP contribution >= 0.6 is 0 Å². The summed E-state index contributed by atoms with van der Waals surface area (Å²) in [4.78, 5) is 0. The van der Waals surface area contributed by atoms with Gasteiger partial charge >= 0.3 is 0 Å². The highest BCUT2D eigenvalue weighted by molar-refractivity contribution is 4.93. The van der Waals surface area contributed by atoms with Crippen molar-refractivity contribution in [3.63, 3.8) is 0 Å². The fourth-order valence-corrected chi connectivity index (χ4v) is 5.27. The molecule has 0 amide bonds. The van der Waals surface area contributed by atoms with Crippen molar-refractivity contribution in [1.29, 1.82) is 0 Å². The smallest absolute Gasteiger partial charge is 0.00513 e. The van der Waals surface area contributed by atoms with Gasteiger partial charge in [0.2, 0.25) is 0 Å². The largest absolute Gasteiger partial charge is 0.330 e. The number of hydrogen-bond donors (Lipinski definition) is 1. The lowest BCUT2D eigenvalue weighted by Gasteiger charge is -2.34. The van der Waals surface area contributed by atoms with Gasteiger partial charge in [-0.05, 0) is 74.2 Å². The van der Waals surface area contributed by atoms with E-state index in [4.69, 9.17) is 5.73 Å². The van der Waals surface area contributed by atoms with Crippen LogP contribution in [0.5, 0.6) is 0 Å². The summed E-state index contributed by atoms with van der Waals surface area (Å²) in [5.41, 5.74) is 6.35. The van der Waals surface area contributed by atoms with Gasteiger partial charge in [-0.2, -0.15) is 0 Å². The lowest BCUT2D eigenvalue weighted by Crippen LogP contribution is -2.21. The van der Waals surface area contributed by atoms with E-state index in [9.17, 15) is 0 Å². The molecule has 1 heteroatoms. The highest BCUT2D eigenvalue weighted by Gasteiger charge is 2.26. The second-order valence-electron chi connectivity index (χ2n) is 11.1. The molecule has 0 saturated heterocycles. The molecular formula is C29H59N. The molecule has 0 fully saturated rings. The molecular weight excluding hydrogens is 362 g/mol. The zero-order valence-corrected chi connectivity index (χ0v) is 22.1. The monoisotopic (exact) mass is 421 g/mol. The molecule has 0 aromatic rings. The Kier molecular flexibility index (Phi) is 18.1. The van der Waals surface area contributed by atoms with Crippen molar-refractivity contribution >= 4 is 0 Å². The molecule has 4 unspecified atom stereocenters. The second-order valence-corrected chi connectivity index (χ2v) is 11.1. The summed E-state index contributed by atoms with van der Waals surface area (Å²) in [7, 11) is 0. The summed E-state index contributed by atoms with van der Waals surface area (Å²) >= 11 is 0. The van der Waals surface area contributed by atoms with E-state index in [1.54, 1.807) is 0 Å². The molecule has 0 rings (SSSR count). The first-order chi connectivity index (χ1) is 14.3. The Labute approximate surface area is 192 Å². The van der Waals surface area contributed by atoms with E-state index in [1.165, 1.54) is 89.9 Å². The minimum Gasteiger partial charge on any atom is -0.330 e. The predicted octanol–water partition coefficient (Wildman–Crippen LogP) is 9.55. The van der Waals surface area contributed by atoms with Crippen molar-refractivity contribution < 1.29 is 0 Å². The van der Waals surface area contributed by atoms with E-state index in [1.807, 2.05) is 0 Å². The van der Waals surface area contributed by atoms with Crippen LogP contribution in [0.3, 0.4) is 0 Å². The van der Waals surface area contributed by atoms with Crippen LogP contribution in [-0.4, -0.2) is 6.54 Å². The van der Waals surface area contributed by atoms with Crippen LogP contribution in [0.1, 0.15) is 138 Å². The Morgan fingerprint density at radius 3 is 1.77 bits per heavy atom. The van der Waals surface area contributed by atoms with E-state index in [0.717, 1.165) is 18.4 Å². The Morgan fingerprint density at radius 1 is 0.733 bits per heavy atom. The van der Waals surface area contributed by atoms with E-state index in [2.05, 4.69) is 60.6 Å². The predicted molar refractivity (Wildman–Crippen MR) is 139 cm³/mol. The minimum absolute atomic E-state index is 0.548. The first-order valence-corrected chi connectivity index (χ1v) is 13.7. The number of nitrogens with two attached hydrogens (primary N) is 1. The lowest BCUT2D eigenvalue weighted by molar-refractivity contribution is 0.185. The molecule has 0 aromatic heterocycles. The average Bonchev–Trinajstić information content (AvgIpc) is 2.71. The third-order valence-electron chi connectivity index (χ3n) is 7.23. The van der Waals surface area contributed by atoms with Gasteiger partial charge in [0, 0.05) is 0 Å². The standard InChI is InChI=1S/C29H59N/c1-8-11-13-15-19-29(7,20-16-14-12-9-2)23-26(5)22-28(10-3)18-17-25(4)21-27(6)24-30/h17-18,25-28H,8-16,19-24,30H2,1-7H3/b18-17-. The molecule has 4 atom stereocenters. The molecule has 0 bridgehead atoms. The van der Waals surface area contributed by atoms with Crippen LogP contribution in [0.25, 0.3) is 0 Å². The van der Waals surface area contributed by atoms with Crippen molar-refractivity contribution in [3.8, 4) is 0 Å². The summed E-state index contributed by atoms with van der Waals surface area (Å²) < 4.78 is 0. The van der Waals surface area contributed by atoms with Gasteiger partial charge in [-0.1, -0.05) is 112 Å². The SMILES string of the molecule is CCCCCCC(C)(CCCCCC)CC(C)CC(/C=C\C(C)CC(C)CN)CC. The van der Waals surface area contributed by atoms with Crippen molar-refractivity contribution in [2.24, 2.45) is 34.8 Å². The molecule has 180 valence electrons. The van der Waals surface area contributed by atoms with Crippen LogP contribution in [-0.2, 0) is 0 Å². The topological polar surface area (TPSA) is 26.0 Å². The summed E-state index contributed by atoms with van der Waals surface area (Å²) in [6.45, 7) is 17.6. The zero-order chi connectivity index (χ0) is 22.8. The first kappa shape index (κ1) is 29.7. The summed E-state index contributed by atoms with van der Waals surface area (Å²) in [5, 5.41) is 0. The Morgan fingerprint density at radius 2 is 1.30 bits per heavy atom. The van der Waals surface area contributed by atoms with Crippen molar-refractivity contribution in [2.45, 2.75) is 138 Å². The third kappa shape index (κ3) is 15.5. The molecule has 0 aromatic carbocycles. The van der Waals surface area contributed by atoms with E-state index >= 15 is 0 Å². The molecule has 30 heavy (non-hydrogen) atoms. The van der Waals surface area contributed by atoms with Crippen LogP contribution in [0.4, 0.5) is 0 Å². The molecule has 0 radical (unpaired) electrons. The second kappa shape index (κ2) is 18.3. The van der Waals surface area contributed by atoms with Crippen molar-refractivity contribution in [3.05, 3.63) is 12.2 Å². The highest BCUT2D eigenvalue weighted by atomic mass is 14.5. The number of rotatable bonds is 20. The minimum atomic E-state index is 0.548. The van der Waals surface area contributed by atoms with Gasteiger partial charge in [0.15, 0.2) is 0 Å². The lowest BCUT2D eigenvalue weighted by atomic mass is 9.72. The quantitative estimate of drug-likeness (QED) is 0.154. The summed E-state index contributed by atoms with van der Waals surface area (Å²) in [6, 6.07) is 0. The normalized spacial score (nSPS) is 16.7. The number of unbranched alkanes of at least 4 members (excludes halogenated alkanes) is 6. The molecule has 0 spiro atoms. The molecule has 0 aliphatic carbocycles. The van der Waals surface area contributed by atoms with Gasteiger partial charge in [0.05, 0.1) is 0 Å². The van der Waals surface area contributed by atoms with Crippen molar-refractivity contribution in [2.75, 3.05) is 6.54 Å². The van der Waals surface area contributed by atoms with Gasteiger partial charge in [-0.25, -0.2) is 0 Å². The third-order valence-corrected chi connectivity index (χ3v) is 7.23. The number of hydrogen-bond acceptors (Lipinski definition) is 1. The van der Waals surface area contributed by atoms with E-state index in [-0.39, 0.29) is 0 Å². The molecule has 0 heterocycles. The highest BCUT2D eigenvalue weighted by Crippen LogP contribution is 2.39. The number of allylic oxidation sites excluding steroid dienone is 2.